The Hall–Kier alpha value is -5.13. The normalized spacial score (nSPS) is 18.4. The number of hydrogen-bond donors (Lipinski definition) is 1. The monoisotopic (exact) mass is 568 g/mol. The molecule has 2 atom stereocenters. The lowest BCUT2D eigenvalue weighted by Gasteiger charge is -2.26. The number of fused-ring (bicyclic) bond motifs is 13. The van der Waals surface area contributed by atoms with Gasteiger partial charge in [0.2, 0.25) is 0 Å². The third kappa shape index (κ3) is 2.79. The molecule has 5 aromatic carbocycles. The molecule has 0 radical (unpaired) electrons. The summed E-state index contributed by atoms with van der Waals surface area (Å²) in [6.45, 7) is 0. The minimum atomic E-state index is 0.0243. The standard InChI is InChI=1S/C38H24N4S/c1-5-14-31-22(8-1)27-19-28-25-10-7-11-26-36-38(40-30-13-4-3-12-29(30)39-36)42(37(25)26)33(28)20-32(27)41(31)21-16-17-24-23-9-2-6-15-34(23)43-35(24)18-21/h1-10,12-20,26,38,40H,11H2. The minimum Gasteiger partial charge on any atom is -0.358 e. The topological polar surface area (TPSA) is 34.2 Å². The predicted molar refractivity (Wildman–Crippen MR) is 182 cm³/mol. The van der Waals surface area contributed by atoms with Crippen LogP contribution in [-0.4, -0.2) is 14.8 Å². The van der Waals surface area contributed by atoms with E-state index in [2.05, 4.69) is 130 Å². The maximum absolute atomic E-state index is 5.23. The number of hydrogen-bond acceptors (Lipinski definition) is 3. The fourth-order valence-electron chi connectivity index (χ4n) is 8.03. The Balaban J connectivity index is 1.22. The van der Waals surface area contributed by atoms with Crippen LogP contribution in [0.4, 0.5) is 11.4 Å². The van der Waals surface area contributed by atoms with Crippen LogP contribution in [0.1, 0.15) is 29.8 Å². The van der Waals surface area contributed by atoms with Gasteiger partial charge in [0.05, 0.1) is 33.6 Å². The molecule has 1 aliphatic carbocycles. The zero-order chi connectivity index (χ0) is 27.8. The van der Waals surface area contributed by atoms with Crippen LogP contribution < -0.4 is 5.32 Å². The lowest BCUT2D eigenvalue weighted by molar-refractivity contribution is 0.748. The molecule has 3 aromatic heterocycles. The molecule has 0 amide bonds. The Kier molecular flexibility index (Phi) is 4.09. The molecule has 0 spiro atoms. The van der Waals surface area contributed by atoms with Crippen LogP contribution in [0.2, 0.25) is 0 Å². The van der Waals surface area contributed by atoms with Gasteiger partial charge in [-0.05, 0) is 55.0 Å². The van der Waals surface area contributed by atoms with E-state index in [1.165, 1.54) is 75.5 Å². The Morgan fingerprint density at radius 1 is 0.698 bits per heavy atom. The Labute approximate surface area is 250 Å². The van der Waals surface area contributed by atoms with Gasteiger partial charge in [-0.15, -0.1) is 11.3 Å². The van der Waals surface area contributed by atoms with E-state index >= 15 is 0 Å². The van der Waals surface area contributed by atoms with E-state index in [0.29, 0.717) is 5.92 Å². The van der Waals surface area contributed by atoms with E-state index in [-0.39, 0.29) is 6.17 Å². The number of nitrogens with zero attached hydrogens (tertiary/aromatic N) is 3. The number of para-hydroxylation sites is 3. The van der Waals surface area contributed by atoms with Crippen molar-refractivity contribution in [1.82, 2.24) is 9.13 Å². The maximum atomic E-state index is 5.23. The molecule has 4 nitrogen and oxygen atoms in total. The second-order valence-electron chi connectivity index (χ2n) is 12.0. The summed E-state index contributed by atoms with van der Waals surface area (Å²) in [6, 6.07) is 37.9. The number of allylic oxidation sites excluding steroid dienone is 1. The predicted octanol–water partition coefficient (Wildman–Crippen LogP) is 10.3. The van der Waals surface area contributed by atoms with Gasteiger partial charge in [0.1, 0.15) is 6.17 Å². The first-order valence-corrected chi connectivity index (χ1v) is 15.8. The molecule has 5 heteroatoms. The highest BCUT2D eigenvalue weighted by atomic mass is 32.1. The number of aliphatic imine (C=N–C) groups is 1. The van der Waals surface area contributed by atoms with Gasteiger partial charge in [0, 0.05) is 59.2 Å². The molecule has 0 fully saturated rings. The number of thiophene rings is 1. The molecule has 2 unspecified atom stereocenters. The van der Waals surface area contributed by atoms with Crippen molar-refractivity contribution >= 4 is 87.4 Å². The summed E-state index contributed by atoms with van der Waals surface area (Å²) in [5.41, 5.74) is 11.1. The summed E-state index contributed by atoms with van der Waals surface area (Å²) in [4.78, 5) is 5.23. The smallest absolute Gasteiger partial charge is 0.144 e. The van der Waals surface area contributed by atoms with Gasteiger partial charge < -0.3 is 14.5 Å². The Bertz CT molecular complexity index is 2590. The highest BCUT2D eigenvalue weighted by Crippen LogP contribution is 2.51. The molecule has 0 saturated carbocycles. The summed E-state index contributed by atoms with van der Waals surface area (Å²) in [7, 11) is 0. The fourth-order valence-corrected chi connectivity index (χ4v) is 9.17. The van der Waals surface area contributed by atoms with Crippen molar-refractivity contribution in [3.05, 3.63) is 120 Å². The first-order valence-electron chi connectivity index (χ1n) is 14.9. The van der Waals surface area contributed by atoms with Crippen molar-refractivity contribution in [2.24, 2.45) is 4.99 Å². The third-order valence-corrected chi connectivity index (χ3v) is 11.0. The first-order chi connectivity index (χ1) is 21.3. The van der Waals surface area contributed by atoms with Crippen LogP contribution in [0, 0.1) is 0 Å². The van der Waals surface area contributed by atoms with Gasteiger partial charge in [0.15, 0.2) is 0 Å². The number of benzene rings is 5. The van der Waals surface area contributed by atoms with E-state index in [9.17, 15) is 0 Å². The van der Waals surface area contributed by atoms with Crippen molar-refractivity contribution in [3.8, 4) is 5.69 Å². The number of nitrogens with one attached hydrogen (secondary N) is 1. The molecule has 11 rings (SSSR count). The molecule has 202 valence electrons. The van der Waals surface area contributed by atoms with Gasteiger partial charge in [-0.1, -0.05) is 66.7 Å². The molecule has 2 aliphatic heterocycles. The van der Waals surface area contributed by atoms with E-state index in [1.54, 1.807) is 0 Å². The van der Waals surface area contributed by atoms with Crippen molar-refractivity contribution in [3.63, 3.8) is 0 Å². The van der Waals surface area contributed by atoms with Crippen LogP contribution in [0.5, 0.6) is 0 Å². The highest BCUT2D eigenvalue weighted by molar-refractivity contribution is 7.25. The Morgan fingerprint density at radius 2 is 1.53 bits per heavy atom. The minimum absolute atomic E-state index is 0.0243. The van der Waals surface area contributed by atoms with E-state index in [4.69, 9.17) is 4.99 Å². The zero-order valence-electron chi connectivity index (χ0n) is 23.1. The molecule has 0 bridgehead atoms. The van der Waals surface area contributed by atoms with Crippen LogP contribution in [-0.2, 0) is 0 Å². The zero-order valence-corrected chi connectivity index (χ0v) is 23.9. The number of rotatable bonds is 1. The van der Waals surface area contributed by atoms with E-state index in [0.717, 1.165) is 17.8 Å². The largest absolute Gasteiger partial charge is 0.358 e. The van der Waals surface area contributed by atoms with Crippen molar-refractivity contribution in [1.29, 1.82) is 0 Å². The van der Waals surface area contributed by atoms with Gasteiger partial charge in [-0.3, -0.25) is 4.99 Å². The fraction of sp³-hybridized carbons (Fsp3) is 0.0789. The molecular formula is C38H24N4S. The lowest BCUT2D eigenvalue weighted by Crippen LogP contribution is -2.25. The van der Waals surface area contributed by atoms with Gasteiger partial charge in [-0.25, -0.2) is 0 Å². The average molecular weight is 569 g/mol. The quantitative estimate of drug-likeness (QED) is 0.210. The van der Waals surface area contributed by atoms with E-state index in [1.807, 2.05) is 11.3 Å². The number of anilines is 1. The lowest BCUT2D eigenvalue weighted by atomic mass is 9.88. The molecule has 8 aromatic rings. The first kappa shape index (κ1) is 22.5. The van der Waals surface area contributed by atoms with Crippen LogP contribution in [0.3, 0.4) is 0 Å². The molecule has 43 heavy (non-hydrogen) atoms. The summed E-state index contributed by atoms with van der Waals surface area (Å²) < 4.78 is 7.67. The van der Waals surface area contributed by atoms with Crippen molar-refractivity contribution < 1.29 is 0 Å². The Morgan fingerprint density at radius 3 is 2.51 bits per heavy atom. The SMILES string of the molecule is C1=Cc2c3n(c4cc5c(cc24)c2ccccc2n5-c2ccc4c(c2)sc2ccccc24)C2Nc4ccccc4N=C2C3C1. The summed E-state index contributed by atoms with van der Waals surface area (Å²) in [6.07, 6.45) is 5.70. The molecule has 1 N–H and O–H groups in total. The van der Waals surface area contributed by atoms with Crippen LogP contribution >= 0.6 is 11.3 Å². The van der Waals surface area contributed by atoms with Gasteiger partial charge in [-0.2, -0.15) is 0 Å². The summed E-state index contributed by atoms with van der Waals surface area (Å²) in [5, 5.41) is 10.4. The molecule has 0 saturated heterocycles. The van der Waals surface area contributed by atoms with Crippen LogP contribution in [0.25, 0.3) is 64.6 Å². The molecular weight excluding hydrogens is 545 g/mol. The third-order valence-electron chi connectivity index (χ3n) is 9.82. The average Bonchev–Trinajstić information content (AvgIpc) is 3.77. The maximum Gasteiger partial charge on any atom is 0.144 e. The van der Waals surface area contributed by atoms with Crippen molar-refractivity contribution in [2.45, 2.75) is 18.5 Å². The number of aromatic nitrogens is 2. The molecule has 3 aliphatic rings. The summed E-state index contributed by atoms with van der Waals surface area (Å²) >= 11 is 1.88. The van der Waals surface area contributed by atoms with E-state index < -0.39 is 0 Å². The van der Waals surface area contributed by atoms with Gasteiger partial charge in [0.25, 0.3) is 0 Å². The summed E-state index contributed by atoms with van der Waals surface area (Å²) in [5.74, 6) is 0.298. The highest BCUT2D eigenvalue weighted by Gasteiger charge is 2.43. The second kappa shape index (κ2) is 7.82. The second-order valence-corrected chi connectivity index (χ2v) is 13.1. The van der Waals surface area contributed by atoms with Crippen molar-refractivity contribution in [2.75, 3.05) is 5.32 Å². The van der Waals surface area contributed by atoms with Gasteiger partial charge >= 0.3 is 0 Å². The molecule has 5 heterocycles. The van der Waals surface area contributed by atoms with Crippen LogP contribution in [0.15, 0.2) is 114 Å².